The van der Waals surface area contributed by atoms with Gasteiger partial charge in [-0.1, -0.05) is 6.58 Å². The van der Waals surface area contributed by atoms with E-state index in [9.17, 15) is 4.79 Å². The van der Waals surface area contributed by atoms with Crippen molar-refractivity contribution in [3.8, 4) is 6.07 Å². The van der Waals surface area contributed by atoms with Gasteiger partial charge < -0.3 is 9.64 Å². The van der Waals surface area contributed by atoms with Crippen LogP contribution in [0.5, 0.6) is 0 Å². The molecule has 1 atom stereocenters. The molecule has 0 radical (unpaired) electrons. The third kappa shape index (κ3) is 1.63. The van der Waals surface area contributed by atoms with Crippen LogP contribution in [0.4, 0.5) is 0 Å². The second-order valence-electron chi connectivity index (χ2n) is 2.46. The average molecular weight is 166 g/mol. The lowest BCUT2D eigenvalue weighted by molar-refractivity contribution is -0.132. The van der Waals surface area contributed by atoms with E-state index in [0.29, 0.717) is 19.8 Å². The van der Waals surface area contributed by atoms with Crippen molar-refractivity contribution in [3.63, 3.8) is 0 Å². The first-order valence-electron chi connectivity index (χ1n) is 3.70. The molecule has 1 saturated heterocycles. The third-order valence-corrected chi connectivity index (χ3v) is 1.74. The van der Waals surface area contributed by atoms with E-state index in [1.165, 1.54) is 11.0 Å². The molecule has 64 valence electrons. The zero-order valence-electron chi connectivity index (χ0n) is 6.69. The smallest absolute Gasteiger partial charge is 0.247 e. The molecule has 1 unspecified atom stereocenters. The fraction of sp³-hybridized carbons (Fsp3) is 0.500. The Morgan fingerprint density at radius 1 is 1.83 bits per heavy atom. The van der Waals surface area contributed by atoms with Crippen molar-refractivity contribution in [1.82, 2.24) is 4.90 Å². The van der Waals surface area contributed by atoms with Crippen LogP contribution in [0, 0.1) is 11.3 Å². The maximum Gasteiger partial charge on any atom is 0.247 e. The van der Waals surface area contributed by atoms with E-state index in [-0.39, 0.29) is 5.91 Å². The zero-order valence-corrected chi connectivity index (χ0v) is 6.69. The standard InChI is InChI=1S/C8H10N2O2/c1-2-8(11)10-3-4-12-6-7(10)5-9/h2,7H,1,3-4,6H2. The minimum Gasteiger partial charge on any atom is -0.376 e. The summed E-state index contributed by atoms with van der Waals surface area (Å²) in [6.45, 7) is 4.64. The van der Waals surface area contributed by atoms with E-state index < -0.39 is 6.04 Å². The van der Waals surface area contributed by atoms with Crippen LogP contribution in [0.15, 0.2) is 12.7 Å². The van der Waals surface area contributed by atoms with E-state index in [2.05, 4.69) is 6.58 Å². The molecular formula is C8H10N2O2. The molecule has 1 aliphatic rings. The molecule has 4 heteroatoms. The first kappa shape index (κ1) is 8.75. The van der Waals surface area contributed by atoms with Crippen LogP contribution in [-0.4, -0.2) is 36.6 Å². The minimum atomic E-state index is -0.454. The number of rotatable bonds is 1. The predicted molar refractivity (Wildman–Crippen MR) is 42.1 cm³/mol. The number of ether oxygens (including phenoxy) is 1. The Morgan fingerprint density at radius 2 is 2.58 bits per heavy atom. The Bertz CT molecular complexity index is 232. The molecule has 0 aromatic carbocycles. The molecule has 0 saturated carbocycles. The quantitative estimate of drug-likeness (QED) is 0.512. The van der Waals surface area contributed by atoms with Crippen molar-refractivity contribution in [3.05, 3.63) is 12.7 Å². The number of nitriles is 1. The summed E-state index contributed by atoms with van der Waals surface area (Å²) in [4.78, 5) is 12.6. The first-order valence-corrected chi connectivity index (χ1v) is 3.70. The van der Waals surface area contributed by atoms with Crippen molar-refractivity contribution in [2.45, 2.75) is 6.04 Å². The number of hydrogen-bond acceptors (Lipinski definition) is 3. The van der Waals surface area contributed by atoms with Gasteiger partial charge in [-0.05, 0) is 6.08 Å². The van der Waals surface area contributed by atoms with Gasteiger partial charge in [-0.25, -0.2) is 0 Å². The average Bonchev–Trinajstić information content (AvgIpc) is 2.16. The molecule has 4 nitrogen and oxygen atoms in total. The lowest BCUT2D eigenvalue weighted by atomic mass is 10.2. The Hall–Kier alpha value is -1.34. The highest BCUT2D eigenvalue weighted by Crippen LogP contribution is 2.06. The lowest BCUT2D eigenvalue weighted by Gasteiger charge is -2.30. The van der Waals surface area contributed by atoms with Gasteiger partial charge in [0.2, 0.25) is 5.91 Å². The molecule has 0 aromatic rings. The fourth-order valence-corrected chi connectivity index (χ4v) is 1.09. The summed E-state index contributed by atoms with van der Waals surface area (Å²) >= 11 is 0. The molecule has 0 aliphatic carbocycles. The van der Waals surface area contributed by atoms with Gasteiger partial charge in [-0.3, -0.25) is 4.79 Å². The minimum absolute atomic E-state index is 0.204. The van der Waals surface area contributed by atoms with Crippen molar-refractivity contribution >= 4 is 5.91 Å². The summed E-state index contributed by atoms with van der Waals surface area (Å²) < 4.78 is 5.05. The maximum atomic E-state index is 11.1. The van der Waals surface area contributed by atoms with E-state index in [4.69, 9.17) is 10.00 Å². The van der Waals surface area contributed by atoms with Gasteiger partial charge in [-0.2, -0.15) is 5.26 Å². The zero-order chi connectivity index (χ0) is 8.97. The number of hydrogen-bond donors (Lipinski definition) is 0. The van der Waals surface area contributed by atoms with Gasteiger partial charge in [0.05, 0.1) is 19.3 Å². The molecule has 1 aliphatic heterocycles. The molecule has 0 bridgehead atoms. The maximum absolute atomic E-state index is 11.1. The van der Waals surface area contributed by atoms with Crippen molar-refractivity contribution in [2.24, 2.45) is 0 Å². The van der Waals surface area contributed by atoms with Gasteiger partial charge in [0, 0.05) is 6.54 Å². The Balaban J connectivity index is 2.66. The number of nitrogens with zero attached hydrogens (tertiary/aromatic N) is 2. The highest BCUT2D eigenvalue weighted by atomic mass is 16.5. The van der Waals surface area contributed by atoms with Gasteiger partial charge in [0.15, 0.2) is 0 Å². The van der Waals surface area contributed by atoms with Crippen molar-refractivity contribution in [1.29, 1.82) is 5.26 Å². The van der Waals surface area contributed by atoms with E-state index >= 15 is 0 Å². The topological polar surface area (TPSA) is 53.3 Å². The largest absolute Gasteiger partial charge is 0.376 e. The molecule has 0 spiro atoms. The van der Waals surface area contributed by atoms with Crippen LogP contribution >= 0.6 is 0 Å². The number of morpholine rings is 1. The predicted octanol–water partition coefficient (Wildman–Crippen LogP) is -0.0766. The Morgan fingerprint density at radius 3 is 3.17 bits per heavy atom. The second kappa shape index (κ2) is 3.88. The summed E-state index contributed by atoms with van der Waals surface area (Å²) in [6, 6.07) is 1.55. The molecule has 0 N–H and O–H groups in total. The number of carbonyl (C=O) groups is 1. The normalized spacial score (nSPS) is 22.9. The molecule has 1 fully saturated rings. The summed E-state index contributed by atoms with van der Waals surface area (Å²) in [5.41, 5.74) is 0. The van der Waals surface area contributed by atoms with Crippen LogP contribution in [0.3, 0.4) is 0 Å². The fourth-order valence-electron chi connectivity index (χ4n) is 1.09. The van der Waals surface area contributed by atoms with Gasteiger partial charge in [0.25, 0.3) is 0 Å². The highest BCUT2D eigenvalue weighted by molar-refractivity contribution is 5.87. The van der Waals surface area contributed by atoms with E-state index in [1.54, 1.807) is 0 Å². The van der Waals surface area contributed by atoms with E-state index in [1.807, 2.05) is 6.07 Å². The van der Waals surface area contributed by atoms with Gasteiger partial charge in [0.1, 0.15) is 6.04 Å². The Labute approximate surface area is 71.0 Å². The summed E-state index contributed by atoms with van der Waals surface area (Å²) in [6.07, 6.45) is 1.22. The molecule has 0 aromatic heterocycles. The van der Waals surface area contributed by atoms with Crippen LogP contribution in [-0.2, 0) is 9.53 Å². The second-order valence-corrected chi connectivity index (χ2v) is 2.46. The SMILES string of the molecule is C=CC(=O)N1CCOCC1C#N. The van der Waals surface area contributed by atoms with Gasteiger partial charge >= 0.3 is 0 Å². The van der Waals surface area contributed by atoms with Crippen LogP contribution in [0.1, 0.15) is 0 Å². The number of amides is 1. The summed E-state index contributed by atoms with van der Waals surface area (Å²) in [7, 11) is 0. The van der Waals surface area contributed by atoms with Crippen LogP contribution in [0.25, 0.3) is 0 Å². The lowest BCUT2D eigenvalue weighted by Crippen LogP contribution is -2.47. The van der Waals surface area contributed by atoms with Crippen molar-refractivity contribution < 1.29 is 9.53 Å². The molecule has 12 heavy (non-hydrogen) atoms. The molecule has 1 amide bonds. The van der Waals surface area contributed by atoms with E-state index in [0.717, 1.165) is 0 Å². The Kier molecular flexibility index (Phi) is 2.83. The van der Waals surface area contributed by atoms with Gasteiger partial charge in [-0.15, -0.1) is 0 Å². The molecule has 1 heterocycles. The number of carbonyl (C=O) groups excluding carboxylic acids is 1. The van der Waals surface area contributed by atoms with Crippen LogP contribution in [0.2, 0.25) is 0 Å². The summed E-state index contributed by atoms with van der Waals surface area (Å²) in [5.74, 6) is -0.204. The van der Waals surface area contributed by atoms with Crippen LogP contribution < -0.4 is 0 Å². The molecule has 1 rings (SSSR count). The monoisotopic (exact) mass is 166 g/mol. The first-order chi connectivity index (χ1) is 5.79. The summed E-state index contributed by atoms with van der Waals surface area (Å²) in [5, 5.41) is 8.65. The van der Waals surface area contributed by atoms with Crippen molar-refractivity contribution in [2.75, 3.05) is 19.8 Å². The third-order valence-electron chi connectivity index (χ3n) is 1.74. The highest BCUT2D eigenvalue weighted by Gasteiger charge is 2.24. The molecular weight excluding hydrogens is 156 g/mol.